The van der Waals surface area contributed by atoms with E-state index in [9.17, 15) is 24.5 Å². The molecule has 0 spiro atoms. The Morgan fingerprint density at radius 3 is 2.86 bits per heavy atom. The molecule has 0 aliphatic carbocycles. The largest absolute Gasteiger partial charge is 0.510 e. The Hall–Kier alpha value is -1.97. The molecule has 1 aliphatic rings. The fourth-order valence-corrected chi connectivity index (χ4v) is 2.10. The molecule has 1 aromatic rings. The Morgan fingerprint density at radius 2 is 2.24 bits per heavy atom. The van der Waals surface area contributed by atoms with Gasteiger partial charge in [-0.1, -0.05) is 6.92 Å². The van der Waals surface area contributed by atoms with E-state index in [1.165, 1.54) is 6.08 Å². The molecule has 21 heavy (non-hydrogen) atoms. The van der Waals surface area contributed by atoms with Crippen LogP contribution in [0.1, 0.15) is 19.6 Å². The van der Waals surface area contributed by atoms with Gasteiger partial charge in [0.1, 0.15) is 24.1 Å². The van der Waals surface area contributed by atoms with Crippen LogP contribution in [0.4, 0.5) is 10.2 Å². The molecule has 0 aromatic carbocycles. The van der Waals surface area contributed by atoms with Crippen molar-refractivity contribution >= 4 is 5.82 Å². The van der Waals surface area contributed by atoms with Crippen molar-refractivity contribution in [2.24, 2.45) is 0 Å². The number of nitrogens with zero attached hydrogens (tertiary/aromatic N) is 2. The lowest BCUT2D eigenvalue weighted by molar-refractivity contribution is -0.0394. The van der Waals surface area contributed by atoms with Crippen LogP contribution in [0.2, 0.25) is 0 Å². The molecule has 5 N–H and O–H groups in total. The van der Waals surface area contributed by atoms with E-state index in [1.807, 2.05) is 0 Å². The molecule has 4 atom stereocenters. The first-order valence-corrected chi connectivity index (χ1v) is 6.31. The van der Waals surface area contributed by atoms with Crippen molar-refractivity contribution in [2.45, 2.75) is 37.9 Å². The number of anilines is 1. The fourth-order valence-electron chi connectivity index (χ4n) is 2.10. The molecule has 0 amide bonds. The summed E-state index contributed by atoms with van der Waals surface area (Å²) in [6.45, 7) is 1.76. The monoisotopic (exact) mass is 301 g/mol. The van der Waals surface area contributed by atoms with E-state index in [2.05, 4.69) is 4.98 Å². The number of rotatable bonds is 3. The van der Waals surface area contributed by atoms with Gasteiger partial charge in [-0.15, -0.1) is 0 Å². The molecule has 8 nitrogen and oxygen atoms in total. The molecule has 1 aliphatic heterocycles. The quantitative estimate of drug-likeness (QED) is 0.550. The number of ether oxygens (including phenoxy) is 1. The van der Waals surface area contributed by atoms with E-state index in [0.29, 0.717) is 11.0 Å². The molecule has 0 unspecified atom stereocenters. The second-order valence-corrected chi connectivity index (χ2v) is 4.63. The van der Waals surface area contributed by atoms with Gasteiger partial charge in [-0.2, -0.15) is 4.98 Å². The lowest BCUT2D eigenvalue weighted by Crippen LogP contribution is -2.36. The Morgan fingerprint density at radius 1 is 1.57 bits per heavy atom. The molecule has 2 heterocycles. The van der Waals surface area contributed by atoms with Crippen molar-refractivity contribution in [1.29, 1.82) is 0 Å². The zero-order chi connectivity index (χ0) is 15.7. The highest BCUT2D eigenvalue weighted by Gasteiger charge is 2.46. The minimum atomic E-state index is -1.54. The van der Waals surface area contributed by atoms with Crippen LogP contribution in [0.25, 0.3) is 0 Å². The molecule has 0 bridgehead atoms. The topological polar surface area (TPSA) is 131 Å². The summed E-state index contributed by atoms with van der Waals surface area (Å²) in [5.41, 5.74) is 4.22. The number of hydrogen-bond donors (Lipinski definition) is 4. The molecular weight excluding hydrogens is 285 g/mol. The molecule has 2 rings (SSSR count). The molecule has 0 radical (unpaired) electrons. The summed E-state index contributed by atoms with van der Waals surface area (Å²) < 4.78 is 19.3. The molecule has 1 fully saturated rings. The van der Waals surface area contributed by atoms with Gasteiger partial charge in [0.15, 0.2) is 17.9 Å². The lowest BCUT2D eigenvalue weighted by atomic mass is 10.1. The summed E-state index contributed by atoms with van der Waals surface area (Å²) in [4.78, 5) is 14.9. The summed E-state index contributed by atoms with van der Waals surface area (Å²) in [5, 5.41) is 29.5. The van der Waals surface area contributed by atoms with E-state index in [0.717, 1.165) is 6.20 Å². The van der Waals surface area contributed by atoms with Gasteiger partial charge in [0.25, 0.3) is 0 Å². The summed E-state index contributed by atoms with van der Waals surface area (Å²) in [7, 11) is 0. The third-order valence-electron chi connectivity index (χ3n) is 3.15. The first-order chi connectivity index (χ1) is 9.86. The first kappa shape index (κ1) is 15.4. The Kier molecular flexibility index (Phi) is 4.26. The second kappa shape index (κ2) is 5.80. The second-order valence-electron chi connectivity index (χ2n) is 4.63. The van der Waals surface area contributed by atoms with Crippen LogP contribution in [-0.4, -0.2) is 43.2 Å². The zero-order valence-electron chi connectivity index (χ0n) is 11.2. The standard InChI is InChI=1S/C12H16FN3O5/c1-2-3-6(17)9-7(18)8(19)11(21-9)16-4-5(13)10(14)15-12(16)20/h3-4,7-9,11,17-19H,2H2,1H3,(H2,14,15,20)/t7-,8+,9+,11+/m0/s1. The summed E-state index contributed by atoms with van der Waals surface area (Å²) in [5.74, 6) is -1.81. The van der Waals surface area contributed by atoms with Crippen LogP contribution >= 0.6 is 0 Å². The highest BCUT2D eigenvalue weighted by Crippen LogP contribution is 2.31. The molecule has 9 heteroatoms. The molecule has 0 saturated carbocycles. The fraction of sp³-hybridized carbons (Fsp3) is 0.500. The van der Waals surface area contributed by atoms with Gasteiger partial charge in [0.05, 0.1) is 6.20 Å². The van der Waals surface area contributed by atoms with E-state index < -0.39 is 41.9 Å². The number of aliphatic hydroxyl groups is 3. The third kappa shape index (κ3) is 2.75. The van der Waals surface area contributed by atoms with Crippen LogP contribution in [0.15, 0.2) is 22.8 Å². The van der Waals surface area contributed by atoms with Crippen molar-refractivity contribution in [1.82, 2.24) is 9.55 Å². The van der Waals surface area contributed by atoms with E-state index >= 15 is 0 Å². The predicted octanol–water partition coefficient (Wildman–Crippen LogP) is -0.564. The molecular formula is C12H16FN3O5. The Balaban J connectivity index is 2.36. The number of halogens is 1. The summed E-state index contributed by atoms with van der Waals surface area (Å²) in [6.07, 6.45) is -2.99. The van der Waals surface area contributed by atoms with Gasteiger partial charge in [-0.3, -0.25) is 4.57 Å². The van der Waals surface area contributed by atoms with Crippen molar-refractivity contribution in [3.63, 3.8) is 0 Å². The Bertz CT molecular complexity index is 617. The zero-order valence-corrected chi connectivity index (χ0v) is 11.2. The minimum Gasteiger partial charge on any atom is -0.510 e. The van der Waals surface area contributed by atoms with Gasteiger partial charge >= 0.3 is 5.69 Å². The van der Waals surface area contributed by atoms with Crippen LogP contribution in [0.3, 0.4) is 0 Å². The first-order valence-electron chi connectivity index (χ1n) is 6.31. The van der Waals surface area contributed by atoms with Crippen molar-refractivity contribution in [3.05, 3.63) is 34.3 Å². The van der Waals surface area contributed by atoms with Gasteiger partial charge in [0, 0.05) is 0 Å². The van der Waals surface area contributed by atoms with Crippen molar-refractivity contribution in [2.75, 3.05) is 5.73 Å². The van der Waals surface area contributed by atoms with E-state index in [1.54, 1.807) is 6.92 Å². The highest BCUT2D eigenvalue weighted by molar-refractivity contribution is 5.26. The SMILES string of the molecule is CCC=C(O)[C@H]1O[C@@H](n2cc(F)c(N)nc2=O)[C@H](O)[C@@H]1O. The van der Waals surface area contributed by atoms with Crippen molar-refractivity contribution in [3.8, 4) is 0 Å². The average Bonchev–Trinajstić information content (AvgIpc) is 2.71. The Labute approximate surface area is 118 Å². The summed E-state index contributed by atoms with van der Waals surface area (Å²) in [6, 6.07) is 0. The maximum Gasteiger partial charge on any atom is 0.351 e. The average molecular weight is 301 g/mol. The van der Waals surface area contributed by atoms with Crippen LogP contribution in [-0.2, 0) is 4.74 Å². The van der Waals surface area contributed by atoms with Gasteiger partial charge in [-0.25, -0.2) is 9.18 Å². The van der Waals surface area contributed by atoms with Gasteiger partial charge < -0.3 is 25.8 Å². The number of hydrogen-bond acceptors (Lipinski definition) is 7. The number of aliphatic hydroxyl groups excluding tert-OH is 3. The summed E-state index contributed by atoms with van der Waals surface area (Å²) >= 11 is 0. The number of aromatic nitrogens is 2. The molecule has 116 valence electrons. The maximum atomic E-state index is 13.4. The van der Waals surface area contributed by atoms with E-state index in [4.69, 9.17) is 10.5 Å². The lowest BCUT2D eigenvalue weighted by Gasteiger charge is -2.17. The van der Waals surface area contributed by atoms with Crippen molar-refractivity contribution < 1.29 is 24.4 Å². The van der Waals surface area contributed by atoms with E-state index in [-0.39, 0.29) is 5.76 Å². The van der Waals surface area contributed by atoms with Crippen LogP contribution < -0.4 is 11.4 Å². The normalized spacial score (nSPS) is 29.8. The smallest absolute Gasteiger partial charge is 0.351 e. The third-order valence-corrected chi connectivity index (χ3v) is 3.15. The predicted molar refractivity (Wildman–Crippen MR) is 69.8 cm³/mol. The molecule has 1 saturated heterocycles. The number of nitrogen functional groups attached to an aromatic ring is 1. The number of nitrogens with two attached hydrogens (primary N) is 1. The maximum absolute atomic E-state index is 13.4. The number of allylic oxidation sites excluding steroid dienone is 1. The van der Waals surface area contributed by atoms with Gasteiger partial charge in [-0.05, 0) is 12.5 Å². The van der Waals surface area contributed by atoms with Gasteiger partial charge in [0.2, 0.25) is 0 Å². The molecule has 1 aromatic heterocycles. The minimum absolute atomic E-state index is 0.275. The highest BCUT2D eigenvalue weighted by atomic mass is 19.1. The van der Waals surface area contributed by atoms with Crippen LogP contribution in [0, 0.1) is 5.82 Å². The van der Waals surface area contributed by atoms with Crippen LogP contribution in [0.5, 0.6) is 0 Å².